The third-order valence-corrected chi connectivity index (χ3v) is 4.15. The summed E-state index contributed by atoms with van der Waals surface area (Å²) >= 11 is 0. The van der Waals surface area contributed by atoms with Crippen LogP contribution in [0.1, 0.15) is 5.56 Å². The number of hydrogen-bond acceptors (Lipinski definition) is 6. The standard InChI is InChI=1S/C15H16O6/c1-17-12-10-9(16)11-13(14(12)21-15(19-10)20-11)18-7-8-5-3-2-4-6-8/h2-6,10-15H,7H2,1H3/t10-,11-,12-,13-,14-,15+/m1/s1. The first-order valence-corrected chi connectivity index (χ1v) is 6.96. The number of ether oxygens (including phenoxy) is 5. The topological polar surface area (TPSA) is 63.2 Å². The number of carbonyl (C=O) groups is 1. The highest BCUT2D eigenvalue weighted by atomic mass is 16.9. The molecule has 1 aromatic rings. The molecule has 3 aliphatic heterocycles. The fraction of sp³-hybridized carbons (Fsp3) is 0.533. The predicted octanol–water partition coefficient (Wildman–Crippen LogP) is 0.636. The highest BCUT2D eigenvalue weighted by Gasteiger charge is 2.62. The Balaban J connectivity index is 1.53. The van der Waals surface area contributed by atoms with Crippen molar-refractivity contribution < 1.29 is 28.5 Å². The molecule has 4 bridgehead atoms. The maximum Gasteiger partial charge on any atom is 0.273 e. The van der Waals surface area contributed by atoms with Gasteiger partial charge in [-0.2, -0.15) is 0 Å². The molecule has 3 saturated heterocycles. The van der Waals surface area contributed by atoms with Crippen molar-refractivity contribution in [1.82, 2.24) is 0 Å². The molecule has 4 aliphatic rings. The van der Waals surface area contributed by atoms with Crippen molar-refractivity contribution in [3.05, 3.63) is 35.9 Å². The first-order chi connectivity index (χ1) is 10.3. The van der Waals surface area contributed by atoms with Gasteiger partial charge in [-0.3, -0.25) is 4.79 Å². The fourth-order valence-corrected chi connectivity index (χ4v) is 3.13. The molecule has 21 heavy (non-hydrogen) atoms. The van der Waals surface area contributed by atoms with Gasteiger partial charge in [0, 0.05) is 7.11 Å². The highest BCUT2D eigenvalue weighted by Crippen LogP contribution is 2.40. The molecule has 112 valence electrons. The second-order valence-electron chi connectivity index (χ2n) is 5.37. The summed E-state index contributed by atoms with van der Waals surface area (Å²) in [5.41, 5.74) is 1.03. The number of rotatable bonds is 4. The van der Waals surface area contributed by atoms with E-state index in [2.05, 4.69) is 0 Å². The number of methoxy groups -OCH3 is 1. The van der Waals surface area contributed by atoms with Crippen molar-refractivity contribution in [3.63, 3.8) is 0 Å². The molecule has 0 spiro atoms. The zero-order valence-corrected chi connectivity index (χ0v) is 11.5. The Morgan fingerprint density at radius 1 is 1.05 bits per heavy atom. The van der Waals surface area contributed by atoms with Crippen LogP contribution in [0.3, 0.4) is 0 Å². The number of benzene rings is 1. The lowest BCUT2D eigenvalue weighted by Crippen LogP contribution is -2.74. The second kappa shape index (κ2) is 5.15. The molecule has 1 aromatic carbocycles. The number of carbonyl (C=O) groups excluding carboxylic acids is 1. The summed E-state index contributed by atoms with van der Waals surface area (Å²) < 4.78 is 27.7. The predicted molar refractivity (Wildman–Crippen MR) is 69.2 cm³/mol. The lowest BCUT2D eigenvalue weighted by Gasteiger charge is -2.54. The molecular formula is C15H16O6. The molecule has 4 fully saturated rings. The minimum Gasteiger partial charge on any atom is -0.375 e. The first kappa shape index (κ1) is 13.4. The van der Waals surface area contributed by atoms with Gasteiger partial charge in [0.25, 0.3) is 6.48 Å². The molecular weight excluding hydrogens is 276 g/mol. The molecule has 6 nitrogen and oxygen atoms in total. The molecule has 6 atom stereocenters. The smallest absolute Gasteiger partial charge is 0.273 e. The number of ketones is 1. The Morgan fingerprint density at radius 3 is 2.48 bits per heavy atom. The van der Waals surface area contributed by atoms with E-state index in [1.165, 1.54) is 0 Å². The lowest BCUT2D eigenvalue weighted by molar-refractivity contribution is -0.444. The normalized spacial score (nSPS) is 40.7. The quantitative estimate of drug-likeness (QED) is 0.811. The van der Waals surface area contributed by atoms with Crippen molar-refractivity contribution in [2.24, 2.45) is 0 Å². The van der Waals surface area contributed by atoms with E-state index in [-0.39, 0.29) is 11.9 Å². The Bertz CT molecular complexity index is 532. The van der Waals surface area contributed by atoms with E-state index in [0.717, 1.165) is 5.56 Å². The summed E-state index contributed by atoms with van der Waals surface area (Å²) in [5.74, 6) is -0.129. The molecule has 6 heteroatoms. The van der Waals surface area contributed by atoms with Crippen molar-refractivity contribution >= 4 is 5.78 Å². The van der Waals surface area contributed by atoms with E-state index in [0.29, 0.717) is 6.61 Å². The minimum atomic E-state index is -0.786. The van der Waals surface area contributed by atoms with E-state index in [9.17, 15) is 4.79 Å². The van der Waals surface area contributed by atoms with Gasteiger partial charge >= 0.3 is 0 Å². The maximum absolute atomic E-state index is 12.3. The SMILES string of the molecule is CO[C@H]1[C@H]2O[C@H]3O[C@@H]1C(=O)[C@@H](O3)[C@H]2OCc1ccccc1. The summed E-state index contributed by atoms with van der Waals surface area (Å²) in [6.07, 6.45) is -2.52. The van der Waals surface area contributed by atoms with Gasteiger partial charge < -0.3 is 23.7 Å². The van der Waals surface area contributed by atoms with Crippen LogP contribution in [0.4, 0.5) is 0 Å². The monoisotopic (exact) mass is 292 g/mol. The third-order valence-electron chi connectivity index (χ3n) is 4.15. The van der Waals surface area contributed by atoms with E-state index < -0.39 is 30.9 Å². The van der Waals surface area contributed by atoms with Crippen LogP contribution in [-0.4, -0.2) is 49.9 Å². The number of Topliss-reactive ketones (excluding diaryl/α,β-unsaturated/α-hetero) is 1. The largest absolute Gasteiger partial charge is 0.375 e. The van der Waals surface area contributed by atoms with Gasteiger partial charge in [-0.25, -0.2) is 0 Å². The summed E-state index contributed by atoms with van der Waals surface area (Å²) in [4.78, 5) is 12.3. The van der Waals surface area contributed by atoms with Gasteiger partial charge in [-0.15, -0.1) is 0 Å². The maximum atomic E-state index is 12.3. The Labute approximate surface area is 121 Å². The van der Waals surface area contributed by atoms with Gasteiger partial charge in [0.05, 0.1) is 6.61 Å². The van der Waals surface area contributed by atoms with Crippen molar-refractivity contribution in [3.8, 4) is 0 Å². The Hall–Kier alpha value is -1.31. The first-order valence-electron chi connectivity index (χ1n) is 6.96. The van der Waals surface area contributed by atoms with E-state index in [4.69, 9.17) is 23.7 Å². The summed E-state index contributed by atoms with van der Waals surface area (Å²) in [6.45, 7) is -0.392. The van der Waals surface area contributed by atoms with Crippen LogP contribution in [0.5, 0.6) is 0 Å². The van der Waals surface area contributed by atoms with Gasteiger partial charge in [-0.05, 0) is 5.56 Å². The van der Waals surface area contributed by atoms with Crippen molar-refractivity contribution in [2.75, 3.05) is 7.11 Å². The summed E-state index contributed by atoms with van der Waals surface area (Å²) in [5, 5.41) is 0. The highest BCUT2D eigenvalue weighted by molar-refractivity contribution is 5.90. The number of hydrogen-bond donors (Lipinski definition) is 0. The van der Waals surface area contributed by atoms with Crippen LogP contribution in [0.25, 0.3) is 0 Å². The van der Waals surface area contributed by atoms with Crippen LogP contribution in [0.15, 0.2) is 30.3 Å². The van der Waals surface area contributed by atoms with Crippen LogP contribution >= 0.6 is 0 Å². The Morgan fingerprint density at radius 2 is 1.76 bits per heavy atom. The van der Waals surface area contributed by atoms with Crippen LogP contribution in [-0.2, 0) is 35.1 Å². The molecule has 1 aliphatic carbocycles. The average molecular weight is 292 g/mol. The van der Waals surface area contributed by atoms with E-state index >= 15 is 0 Å². The molecule has 0 unspecified atom stereocenters. The van der Waals surface area contributed by atoms with Gasteiger partial charge in [0.1, 0.15) is 18.3 Å². The minimum absolute atomic E-state index is 0.129. The van der Waals surface area contributed by atoms with Gasteiger partial charge in [0.2, 0.25) is 0 Å². The zero-order valence-electron chi connectivity index (χ0n) is 11.5. The lowest BCUT2D eigenvalue weighted by atomic mass is 9.83. The molecule has 3 heterocycles. The Kier molecular flexibility index (Phi) is 3.28. The molecule has 0 radical (unpaired) electrons. The van der Waals surface area contributed by atoms with E-state index in [1.54, 1.807) is 7.11 Å². The molecule has 0 N–H and O–H groups in total. The molecule has 0 amide bonds. The molecule has 1 saturated carbocycles. The zero-order chi connectivity index (χ0) is 14.4. The average Bonchev–Trinajstić information content (AvgIpc) is 2.52. The molecule has 5 rings (SSSR count). The van der Waals surface area contributed by atoms with Crippen molar-refractivity contribution in [1.29, 1.82) is 0 Å². The fourth-order valence-electron chi connectivity index (χ4n) is 3.13. The van der Waals surface area contributed by atoms with Crippen LogP contribution < -0.4 is 0 Å². The van der Waals surface area contributed by atoms with Gasteiger partial charge in [-0.1, -0.05) is 30.3 Å². The van der Waals surface area contributed by atoms with Crippen LogP contribution in [0.2, 0.25) is 0 Å². The third kappa shape index (κ3) is 2.11. The van der Waals surface area contributed by atoms with Gasteiger partial charge in [0.15, 0.2) is 18.0 Å². The summed E-state index contributed by atoms with van der Waals surface area (Å²) in [7, 11) is 1.54. The van der Waals surface area contributed by atoms with Crippen molar-refractivity contribution in [2.45, 2.75) is 43.6 Å². The molecule has 0 aromatic heterocycles. The summed E-state index contributed by atoms with van der Waals surface area (Å²) in [6, 6.07) is 9.77. The second-order valence-corrected chi connectivity index (χ2v) is 5.37. The van der Waals surface area contributed by atoms with Crippen LogP contribution in [0, 0.1) is 0 Å². The van der Waals surface area contributed by atoms with E-state index in [1.807, 2.05) is 30.3 Å².